The lowest BCUT2D eigenvalue weighted by Crippen LogP contribution is -1.91. The van der Waals surface area contributed by atoms with Gasteiger partial charge >= 0.3 is 0 Å². The number of fused-ring (bicyclic) bond motifs is 1. The van der Waals surface area contributed by atoms with E-state index in [9.17, 15) is 0 Å². The average molecular weight is 463 g/mol. The molecule has 0 spiro atoms. The number of furan rings is 1. The van der Waals surface area contributed by atoms with Crippen molar-refractivity contribution in [1.29, 1.82) is 0 Å². The third-order valence-electron chi connectivity index (χ3n) is 4.75. The van der Waals surface area contributed by atoms with Crippen LogP contribution in [0.5, 0.6) is 23.0 Å². The molecule has 2 aromatic carbocycles. The van der Waals surface area contributed by atoms with Gasteiger partial charge in [-0.05, 0) is 30.5 Å². The summed E-state index contributed by atoms with van der Waals surface area (Å²) in [5, 5.41) is 0. The first-order valence-electron chi connectivity index (χ1n) is 9.11. The maximum Gasteiger partial charge on any atom is 0.153 e. The van der Waals surface area contributed by atoms with Crippen molar-refractivity contribution in [2.45, 2.75) is 13.7 Å². The summed E-state index contributed by atoms with van der Waals surface area (Å²) >= 11 is 5.42. The van der Waals surface area contributed by atoms with Crippen LogP contribution >= 0.6 is 35.3 Å². The molecule has 0 amide bonds. The number of hydrogen-bond acceptors (Lipinski definition) is 8. The Balaban J connectivity index is 1.90. The maximum atomic E-state index is 6.49. The van der Waals surface area contributed by atoms with Gasteiger partial charge in [0.1, 0.15) is 26.9 Å². The lowest BCUT2D eigenvalue weighted by Gasteiger charge is -2.12. The van der Waals surface area contributed by atoms with Crippen LogP contribution in [0.1, 0.15) is 0 Å². The Morgan fingerprint density at radius 1 is 0.733 bits per heavy atom. The van der Waals surface area contributed by atoms with Crippen molar-refractivity contribution in [2.75, 3.05) is 34.7 Å². The molecule has 1 aliphatic heterocycles. The van der Waals surface area contributed by atoms with Crippen LogP contribution in [0.4, 0.5) is 0 Å². The van der Waals surface area contributed by atoms with Gasteiger partial charge in [0.05, 0.1) is 49.4 Å². The molecule has 4 rings (SSSR count). The Hall–Kier alpha value is -2.03. The van der Waals surface area contributed by atoms with Crippen molar-refractivity contribution in [2.24, 2.45) is 0 Å². The molecule has 30 heavy (non-hydrogen) atoms. The molecule has 1 aliphatic rings. The molecule has 0 unspecified atom stereocenters. The Morgan fingerprint density at radius 3 is 1.57 bits per heavy atom. The summed E-state index contributed by atoms with van der Waals surface area (Å²) in [5.74, 6) is 4.48. The Labute approximate surface area is 188 Å². The molecule has 0 radical (unpaired) electrons. The van der Waals surface area contributed by atoms with E-state index >= 15 is 0 Å². The molecule has 0 N–H and O–H groups in total. The highest BCUT2D eigenvalue weighted by Crippen LogP contribution is 2.61. The second-order valence-electron chi connectivity index (χ2n) is 6.31. The minimum atomic E-state index is 0.359. The van der Waals surface area contributed by atoms with Gasteiger partial charge in [-0.3, -0.25) is 0 Å². The molecule has 0 aliphatic carbocycles. The molecule has 8 heteroatoms. The van der Waals surface area contributed by atoms with Crippen molar-refractivity contribution in [3.8, 4) is 45.6 Å². The summed E-state index contributed by atoms with van der Waals surface area (Å²) in [6.07, 6.45) is 2.12. The van der Waals surface area contributed by atoms with Crippen molar-refractivity contribution in [1.82, 2.24) is 0 Å². The predicted octanol–water partition coefficient (Wildman–Crippen LogP) is 6.49. The second-order valence-corrected chi connectivity index (χ2v) is 10.4. The maximum absolute atomic E-state index is 6.49. The van der Waals surface area contributed by atoms with E-state index in [1.54, 1.807) is 52.0 Å². The Morgan fingerprint density at radius 2 is 1.20 bits per heavy atom. The Kier molecular flexibility index (Phi) is 6.36. The summed E-state index contributed by atoms with van der Waals surface area (Å²) in [6, 6.07) is 11.5. The number of thioether (sulfide) groups is 3. The van der Waals surface area contributed by atoms with Crippen molar-refractivity contribution < 1.29 is 23.4 Å². The SMILES string of the molecule is COc1ccc(-c2oc(-c3ccc(OC)cc3OC)c3c2SC(SC)S3)c(OC)c1. The number of rotatable bonds is 7. The van der Waals surface area contributed by atoms with Gasteiger partial charge in [-0.1, -0.05) is 23.5 Å². The van der Waals surface area contributed by atoms with Gasteiger partial charge in [0, 0.05) is 12.1 Å². The van der Waals surface area contributed by atoms with Crippen molar-refractivity contribution in [3.63, 3.8) is 0 Å². The van der Waals surface area contributed by atoms with Crippen LogP contribution in [-0.4, -0.2) is 38.6 Å². The lowest BCUT2D eigenvalue weighted by molar-refractivity contribution is 0.393. The smallest absolute Gasteiger partial charge is 0.153 e. The first-order chi connectivity index (χ1) is 14.6. The summed E-state index contributed by atoms with van der Waals surface area (Å²) < 4.78 is 28.8. The van der Waals surface area contributed by atoms with Crippen LogP contribution in [0.15, 0.2) is 50.6 Å². The average Bonchev–Trinajstić information content (AvgIpc) is 3.37. The number of benzene rings is 2. The van der Waals surface area contributed by atoms with Gasteiger partial charge < -0.3 is 23.4 Å². The van der Waals surface area contributed by atoms with Crippen LogP contribution in [0.3, 0.4) is 0 Å². The van der Waals surface area contributed by atoms with Crippen LogP contribution in [0.25, 0.3) is 22.6 Å². The van der Waals surface area contributed by atoms with Crippen LogP contribution in [0.2, 0.25) is 0 Å². The molecule has 0 bridgehead atoms. The van der Waals surface area contributed by atoms with Crippen LogP contribution in [-0.2, 0) is 0 Å². The molecule has 1 aromatic heterocycles. The number of hydrogen-bond donors (Lipinski definition) is 0. The van der Waals surface area contributed by atoms with Crippen LogP contribution in [0, 0.1) is 0 Å². The molecular weight excluding hydrogens is 440 g/mol. The third kappa shape index (κ3) is 3.72. The fourth-order valence-corrected chi connectivity index (χ4v) is 6.96. The van der Waals surface area contributed by atoms with E-state index < -0.39 is 0 Å². The van der Waals surface area contributed by atoms with Crippen LogP contribution < -0.4 is 18.9 Å². The molecular formula is C22H22O5S3. The van der Waals surface area contributed by atoms with Gasteiger partial charge in [0.2, 0.25) is 0 Å². The highest BCUT2D eigenvalue weighted by atomic mass is 32.3. The van der Waals surface area contributed by atoms with Gasteiger partial charge in [-0.2, -0.15) is 0 Å². The fourth-order valence-electron chi connectivity index (χ4n) is 3.25. The lowest BCUT2D eigenvalue weighted by atomic mass is 10.1. The van der Waals surface area contributed by atoms with E-state index in [4.69, 9.17) is 23.4 Å². The molecule has 0 saturated heterocycles. The quantitative estimate of drug-likeness (QED) is 0.395. The summed E-state index contributed by atoms with van der Waals surface area (Å²) in [4.78, 5) is 2.24. The van der Waals surface area contributed by atoms with Gasteiger partial charge in [-0.15, -0.1) is 11.8 Å². The summed E-state index contributed by atoms with van der Waals surface area (Å²) in [7, 11) is 6.59. The predicted molar refractivity (Wildman–Crippen MR) is 125 cm³/mol. The summed E-state index contributed by atoms with van der Waals surface area (Å²) in [6.45, 7) is 0. The topological polar surface area (TPSA) is 50.1 Å². The minimum Gasteiger partial charge on any atom is -0.497 e. The highest BCUT2D eigenvalue weighted by Gasteiger charge is 2.35. The van der Waals surface area contributed by atoms with E-state index in [1.807, 2.05) is 48.2 Å². The zero-order valence-corrected chi connectivity index (χ0v) is 19.8. The standard InChI is InChI=1S/C22H22O5S3/c1-23-12-6-8-14(16(10-12)25-3)18-20-21(30-22(28-5)29-20)19(27-18)15-9-7-13(24-2)11-17(15)26-4/h6-11,22H,1-5H3. The van der Waals surface area contributed by atoms with Crippen molar-refractivity contribution in [3.05, 3.63) is 36.4 Å². The third-order valence-corrected chi connectivity index (χ3v) is 9.21. The summed E-state index contributed by atoms with van der Waals surface area (Å²) in [5.41, 5.74) is 1.78. The molecule has 0 atom stereocenters. The zero-order chi connectivity index (χ0) is 21.3. The zero-order valence-electron chi connectivity index (χ0n) is 17.3. The molecule has 3 aromatic rings. The molecule has 0 saturated carbocycles. The second kappa shape index (κ2) is 8.99. The normalized spacial score (nSPS) is 13.2. The molecule has 5 nitrogen and oxygen atoms in total. The van der Waals surface area contributed by atoms with Gasteiger partial charge in [0.15, 0.2) is 11.5 Å². The first kappa shape index (κ1) is 21.2. The van der Waals surface area contributed by atoms with Gasteiger partial charge in [0.25, 0.3) is 0 Å². The van der Waals surface area contributed by atoms with E-state index in [0.717, 1.165) is 43.9 Å². The minimum absolute atomic E-state index is 0.359. The van der Waals surface area contributed by atoms with E-state index in [0.29, 0.717) is 15.4 Å². The van der Waals surface area contributed by atoms with E-state index in [-0.39, 0.29) is 0 Å². The van der Waals surface area contributed by atoms with Gasteiger partial charge in [-0.25, -0.2) is 0 Å². The Bertz CT molecular complexity index is 983. The largest absolute Gasteiger partial charge is 0.497 e. The van der Waals surface area contributed by atoms with E-state index in [1.165, 1.54) is 0 Å². The van der Waals surface area contributed by atoms with E-state index in [2.05, 4.69) is 6.26 Å². The molecule has 2 heterocycles. The monoisotopic (exact) mass is 462 g/mol. The fraction of sp³-hybridized carbons (Fsp3) is 0.273. The number of methoxy groups -OCH3 is 4. The number of ether oxygens (including phenoxy) is 4. The molecule has 158 valence electrons. The van der Waals surface area contributed by atoms with Crippen molar-refractivity contribution >= 4 is 35.3 Å². The highest BCUT2D eigenvalue weighted by molar-refractivity contribution is 8.33. The first-order valence-corrected chi connectivity index (χ1v) is 12.2. The molecule has 0 fully saturated rings.